The summed E-state index contributed by atoms with van der Waals surface area (Å²) in [4.78, 5) is 0. The van der Waals surface area contributed by atoms with Gasteiger partial charge >= 0.3 is 0 Å². The van der Waals surface area contributed by atoms with Crippen molar-refractivity contribution in [2.45, 2.75) is 32.7 Å². The number of hydrogen-bond donors (Lipinski definition) is 1. The zero-order valence-electron chi connectivity index (χ0n) is 9.76. The summed E-state index contributed by atoms with van der Waals surface area (Å²) in [5, 5.41) is 3.39. The van der Waals surface area contributed by atoms with Crippen LogP contribution in [-0.4, -0.2) is 7.05 Å². The highest BCUT2D eigenvalue weighted by Gasteiger charge is 2.09. The van der Waals surface area contributed by atoms with E-state index >= 15 is 0 Å². The standard InChI is InChI=1S/C13H20IN/c1-10(2)4-9-13(15-3)11-5-7-12(14)8-6-11/h5-8,10,13,15H,4,9H2,1-3H3. The van der Waals surface area contributed by atoms with Crippen LogP contribution >= 0.6 is 22.6 Å². The van der Waals surface area contributed by atoms with Gasteiger partial charge in [-0.2, -0.15) is 0 Å². The lowest BCUT2D eigenvalue weighted by Crippen LogP contribution is -2.16. The summed E-state index contributed by atoms with van der Waals surface area (Å²) in [5.74, 6) is 0.782. The number of nitrogens with one attached hydrogen (secondary N) is 1. The predicted molar refractivity (Wildman–Crippen MR) is 75.0 cm³/mol. The molecule has 1 atom stereocenters. The summed E-state index contributed by atoms with van der Waals surface area (Å²) in [7, 11) is 2.04. The molecule has 0 radical (unpaired) electrons. The van der Waals surface area contributed by atoms with Crippen LogP contribution in [0.15, 0.2) is 24.3 Å². The molecule has 0 fully saturated rings. The molecule has 1 aromatic carbocycles. The van der Waals surface area contributed by atoms with Gasteiger partial charge in [-0.25, -0.2) is 0 Å². The van der Waals surface area contributed by atoms with Crippen molar-refractivity contribution in [1.82, 2.24) is 5.32 Å². The number of rotatable bonds is 5. The van der Waals surface area contributed by atoms with Gasteiger partial charge in [0.25, 0.3) is 0 Å². The smallest absolute Gasteiger partial charge is 0.0317 e. The highest BCUT2D eigenvalue weighted by Crippen LogP contribution is 2.21. The van der Waals surface area contributed by atoms with Crippen LogP contribution in [0.3, 0.4) is 0 Å². The van der Waals surface area contributed by atoms with Crippen molar-refractivity contribution in [3.8, 4) is 0 Å². The van der Waals surface area contributed by atoms with Gasteiger partial charge in [-0.1, -0.05) is 26.0 Å². The Morgan fingerprint density at radius 1 is 1.13 bits per heavy atom. The Morgan fingerprint density at radius 2 is 1.73 bits per heavy atom. The third-order valence-electron chi connectivity index (χ3n) is 2.65. The van der Waals surface area contributed by atoms with Gasteiger partial charge in [-0.05, 0) is 66.1 Å². The SMILES string of the molecule is CNC(CCC(C)C)c1ccc(I)cc1. The molecule has 0 saturated carbocycles. The third-order valence-corrected chi connectivity index (χ3v) is 3.37. The van der Waals surface area contributed by atoms with Crippen molar-refractivity contribution < 1.29 is 0 Å². The third kappa shape index (κ3) is 4.51. The summed E-state index contributed by atoms with van der Waals surface area (Å²) >= 11 is 2.34. The number of hydrogen-bond acceptors (Lipinski definition) is 1. The second-order valence-electron chi connectivity index (χ2n) is 4.36. The Labute approximate surface area is 107 Å². The van der Waals surface area contributed by atoms with Crippen molar-refractivity contribution in [3.05, 3.63) is 33.4 Å². The average molecular weight is 317 g/mol. The molecular weight excluding hydrogens is 297 g/mol. The molecule has 84 valence electrons. The molecule has 1 aromatic rings. The molecule has 2 heteroatoms. The fourth-order valence-electron chi connectivity index (χ4n) is 1.67. The minimum atomic E-state index is 0.504. The van der Waals surface area contributed by atoms with E-state index in [9.17, 15) is 0 Å². The summed E-state index contributed by atoms with van der Waals surface area (Å²) in [6, 6.07) is 9.31. The second-order valence-corrected chi connectivity index (χ2v) is 5.61. The van der Waals surface area contributed by atoms with Crippen molar-refractivity contribution in [2.75, 3.05) is 7.05 Å². The molecule has 0 aromatic heterocycles. The molecule has 1 rings (SSSR count). The Balaban J connectivity index is 2.61. The number of benzene rings is 1. The van der Waals surface area contributed by atoms with Crippen LogP contribution in [0.4, 0.5) is 0 Å². The first-order chi connectivity index (χ1) is 7.13. The molecule has 0 heterocycles. The van der Waals surface area contributed by atoms with E-state index < -0.39 is 0 Å². The van der Waals surface area contributed by atoms with Crippen molar-refractivity contribution >= 4 is 22.6 Å². The quantitative estimate of drug-likeness (QED) is 0.810. The van der Waals surface area contributed by atoms with Gasteiger partial charge in [0.2, 0.25) is 0 Å². The van der Waals surface area contributed by atoms with Crippen LogP contribution in [0.5, 0.6) is 0 Å². The molecule has 15 heavy (non-hydrogen) atoms. The highest BCUT2D eigenvalue weighted by molar-refractivity contribution is 14.1. The van der Waals surface area contributed by atoms with Crippen molar-refractivity contribution in [1.29, 1.82) is 0 Å². The van der Waals surface area contributed by atoms with Crippen LogP contribution < -0.4 is 5.32 Å². The Morgan fingerprint density at radius 3 is 2.20 bits per heavy atom. The van der Waals surface area contributed by atoms with E-state index in [1.165, 1.54) is 22.0 Å². The molecule has 1 nitrogen and oxygen atoms in total. The van der Waals surface area contributed by atoms with E-state index in [1.807, 2.05) is 7.05 Å². The molecule has 0 spiro atoms. The predicted octanol–water partition coefficient (Wildman–Crippen LogP) is 3.99. The summed E-state index contributed by atoms with van der Waals surface area (Å²) in [6.07, 6.45) is 2.49. The summed E-state index contributed by atoms with van der Waals surface area (Å²) in [6.45, 7) is 4.56. The Hall–Kier alpha value is -0.0900. The fraction of sp³-hybridized carbons (Fsp3) is 0.538. The van der Waals surface area contributed by atoms with Gasteiger partial charge in [-0.3, -0.25) is 0 Å². The van der Waals surface area contributed by atoms with Crippen molar-refractivity contribution in [3.63, 3.8) is 0 Å². The maximum atomic E-state index is 3.39. The molecular formula is C13H20IN. The van der Waals surface area contributed by atoms with Crippen LogP contribution in [0.25, 0.3) is 0 Å². The highest BCUT2D eigenvalue weighted by atomic mass is 127. The minimum Gasteiger partial charge on any atom is -0.313 e. The summed E-state index contributed by atoms with van der Waals surface area (Å²) < 4.78 is 1.30. The van der Waals surface area contributed by atoms with E-state index in [-0.39, 0.29) is 0 Å². The van der Waals surface area contributed by atoms with Crippen LogP contribution in [0.2, 0.25) is 0 Å². The summed E-state index contributed by atoms with van der Waals surface area (Å²) in [5.41, 5.74) is 1.40. The van der Waals surface area contributed by atoms with Crippen LogP contribution in [-0.2, 0) is 0 Å². The molecule has 0 aliphatic heterocycles. The molecule has 0 aliphatic carbocycles. The van der Waals surface area contributed by atoms with Crippen LogP contribution in [0.1, 0.15) is 38.3 Å². The molecule has 0 saturated heterocycles. The lowest BCUT2D eigenvalue weighted by atomic mass is 9.98. The Bertz CT molecular complexity index is 279. The van der Waals surface area contributed by atoms with Gasteiger partial charge in [0, 0.05) is 9.61 Å². The fourth-order valence-corrected chi connectivity index (χ4v) is 2.03. The van der Waals surface area contributed by atoms with Crippen molar-refractivity contribution in [2.24, 2.45) is 5.92 Å². The average Bonchev–Trinajstić information content (AvgIpc) is 2.21. The lowest BCUT2D eigenvalue weighted by Gasteiger charge is -2.17. The van der Waals surface area contributed by atoms with Gasteiger partial charge in [0.15, 0.2) is 0 Å². The van der Waals surface area contributed by atoms with E-state index in [1.54, 1.807) is 0 Å². The maximum absolute atomic E-state index is 3.39. The molecule has 0 bridgehead atoms. The first-order valence-corrected chi connectivity index (χ1v) is 6.64. The van der Waals surface area contributed by atoms with Crippen LogP contribution in [0, 0.1) is 9.49 Å². The van der Waals surface area contributed by atoms with E-state index in [0.29, 0.717) is 6.04 Å². The van der Waals surface area contributed by atoms with E-state index in [2.05, 4.69) is 66.0 Å². The van der Waals surface area contributed by atoms with E-state index in [4.69, 9.17) is 0 Å². The lowest BCUT2D eigenvalue weighted by molar-refractivity contribution is 0.465. The molecule has 1 unspecified atom stereocenters. The first kappa shape index (κ1) is 13.0. The minimum absolute atomic E-state index is 0.504. The first-order valence-electron chi connectivity index (χ1n) is 5.56. The molecule has 1 N–H and O–H groups in total. The monoisotopic (exact) mass is 317 g/mol. The second kappa shape index (κ2) is 6.48. The normalized spacial score (nSPS) is 13.1. The largest absolute Gasteiger partial charge is 0.313 e. The van der Waals surface area contributed by atoms with Gasteiger partial charge < -0.3 is 5.32 Å². The zero-order chi connectivity index (χ0) is 11.3. The van der Waals surface area contributed by atoms with Gasteiger partial charge in [0.05, 0.1) is 0 Å². The maximum Gasteiger partial charge on any atom is 0.0317 e. The zero-order valence-corrected chi connectivity index (χ0v) is 11.9. The van der Waals surface area contributed by atoms with E-state index in [0.717, 1.165) is 5.92 Å². The van der Waals surface area contributed by atoms with Gasteiger partial charge in [0.1, 0.15) is 0 Å². The number of halogens is 1. The topological polar surface area (TPSA) is 12.0 Å². The van der Waals surface area contributed by atoms with Gasteiger partial charge in [-0.15, -0.1) is 0 Å². The molecule has 0 aliphatic rings. The Kier molecular flexibility index (Phi) is 5.61. The molecule has 0 amide bonds.